The van der Waals surface area contributed by atoms with Crippen LogP contribution in [0.15, 0.2) is 5.18 Å². The van der Waals surface area contributed by atoms with Crippen LogP contribution < -0.4 is 5.32 Å². The minimum atomic E-state index is -1.34. The van der Waals surface area contributed by atoms with Crippen molar-refractivity contribution >= 4 is 24.5 Å². The maximum absolute atomic E-state index is 11.7. The van der Waals surface area contributed by atoms with Crippen molar-refractivity contribution in [3.63, 3.8) is 0 Å². The first-order valence-electron chi connectivity index (χ1n) is 6.61. The fraction of sp³-hybridized carbons (Fsp3) is 0.833. The molecule has 1 fully saturated rings. The van der Waals surface area contributed by atoms with Crippen LogP contribution in [-0.4, -0.2) is 52.4 Å². The summed E-state index contributed by atoms with van der Waals surface area (Å²) in [5.41, 5.74) is -1.34. The predicted molar refractivity (Wildman–Crippen MR) is 77.6 cm³/mol. The molecule has 0 aromatic carbocycles. The Balaban J connectivity index is 2.94. The lowest BCUT2D eigenvalue weighted by molar-refractivity contribution is -0.144. The number of carboxylic acids is 1. The summed E-state index contributed by atoms with van der Waals surface area (Å²) in [7, 11) is 1.85. The summed E-state index contributed by atoms with van der Waals surface area (Å²) in [4.78, 5) is 36.3. The molecule has 1 aliphatic rings. The number of thiol groups is 1. The molecule has 1 saturated heterocycles. The van der Waals surface area contributed by atoms with E-state index in [-0.39, 0.29) is 30.5 Å². The third-order valence-electron chi connectivity index (χ3n) is 3.69. The molecular weight excluding hydrogens is 282 g/mol. The summed E-state index contributed by atoms with van der Waals surface area (Å²) in [6, 6.07) is -1.30. The molecule has 114 valence electrons. The van der Waals surface area contributed by atoms with E-state index in [4.69, 9.17) is 0 Å². The molecule has 2 N–H and O–H groups in total. The van der Waals surface area contributed by atoms with Crippen LogP contribution in [0.1, 0.15) is 32.6 Å². The van der Waals surface area contributed by atoms with Gasteiger partial charge in [0, 0.05) is 19.4 Å². The van der Waals surface area contributed by atoms with E-state index in [9.17, 15) is 19.6 Å². The van der Waals surface area contributed by atoms with E-state index in [2.05, 4.69) is 23.1 Å². The Morgan fingerprint density at radius 1 is 1.60 bits per heavy atom. The zero-order chi connectivity index (χ0) is 15.3. The lowest BCUT2D eigenvalue weighted by Gasteiger charge is -2.42. The average Bonchev–Trinajstić information content (AvgIpc) is 2.39. The van der Waals surface area contributed by atoms with Crippen molar-refractivity contribution in [3.8, 4) is 0 Å². The first-order valence-corrected chi connectivity index (χ1v) is 7.13. The number of carbonyl (C=O) groups is 2. The van der Waals surface area contributed by atoms with Crippen molar-refractivity contribution < 1.29 is 14.7 Å². The molecule has 0 aromatic heterocycles. The van der Waals surface area contributed by atoms with Gasteiger partial charge in [0.15, 0.2) is 6.04 Å². The minimum absolute atomic E-state index is 0.194. The van der Waals surface area contributed by atoms with Gasteiger partial charge in [0.05, 0.1) is 5.37 Å². The Morgan fingerprint density at radius 3 is 2.70 bits per heavy atom. The van der Waals surface area contributed by atoms with E-state index in [1.807, 2.05) is 18.9 Å². The number of carbonyl (C=O) groups excluding carboxylic acids is 1. The summed E-state index contributed by atoms with van der Waals surface area (Å²) in [6.45, 7) is 2.33. The first-order chi connectivity index (χ1) is 9.36. The van der Waals surface area contributed by atoms with Gasteiger partial charge in [-0.05, 0) is 19.9 Å². The Bertz CT molecular complexity index is 393. The Morgan fingerprint density at radius 2 is 2.25 bits per heavy atom. The molecule has 0 spiro atoms. The molecule has 3 atom stereocenters. The SMILES string of the molecule is CCCC(=O)NC(C(=O)O)C1(N=O)CCN(C)C(S)C1. The Hall–Kier alpha value is -1.15. The fourth-order valence-corrected chi connectivity index (χ4v) is 2.81. The largest absolute Gasteiger partial charge is 0.480 e. The molecule has 0 saturated carbocycles. The second-order valence-corrected chi connectivity index (χ2v) is 5.80. The van der Waals surface area contributed by atoms with Crippen molar-refractivity contribution in [2.75, 3.05) is 13.6 Å². The van der Waals surface area contributed by atoms with Crippen LogP contribution in [0.25, 0.3) is 0 Å². The number of amides is 1. The maximum Gasteiger partial charge on any atom is 0.328 e. The highest BCUT2D eigenvalue weighted by Gasteiger charge is 2.49. The Kier molecular flexibility index (Phi) is 5.94. The van der Waals surface area contributed by atoms with E-state index >= 15 is 0 Å². The number of rotatable bonds is 6. The third-order valence-corrected chi connectivity index (χ3v) is 4.27. The molecule has 1 rings (SSSR count). The number of aliphatic carboxylic acids is 1. The highest BCUT2D eigenvalue weighted by atomic mass is 32.1. The van der Waals surface area contributed by atoms with Gasteiger partial charge in [0.25, 0.3) is 0 Å². The topological polar surface area (TPSA) is 99.1 Å². The molecular formula is C12H21N3O4S. The summed E-state index contributed by atoms with van der Waals surface area (Å²) < 4.78 is 0. The number of hydrogen-bond donors (Lipinski definition) is 3. The summed E-state index contributed by atoms with van der Waals surface area (Å²) in [5.74, 6) is -1.61. The van der Waals surface area contributed by atoms with Crippen LogP contribution in [0.5, 0.6) is 0 Å². The highest BCUT2D eigenvalue weighted by Crippen LogP contribution is 2.34. The monoisotopic (exact) mass is 303 g/mol. The molecule has 0 aromatic rings. The predicted octanol–water partition coefficient (Wildman–Crippen LogP) is 0.843. The molecule has 1 amide bonds. The molecule has 8 heteroatoms. The quantitative estimate of drug-likeness (QED) is 0.499. The number of nitrogens with zero attached hydrogens (tertiary/aromatic N) is 2. The fourth-order valence-electron chi connectivity index (χ4n) is 2.38. The second-order valence-electron chi connectivity index (χ2n) is 5.20. The van der Waals surface area contributed by atoms with Crippen molar-refractivity contribution in [3.05, 3.63) is 4.91 Å². The van der Waals surface area contributed by atoms with Crippen LogP contribution in [0.2, 0.25) is 0 Å². The number of carboxylic acid groups (broad SMARTS) is 1. The zero-order valence-electron chi connectivity index (χ0n) is 11.7. The summed E-state index contributed by atoms with van der Waals surface area (Å²) in [6.07, 6.45) is 1.31. The van der Waals surface area contributed by atoms with Crippen LogP contribution >= 0.6 is 12.6 Å². The van der Waals surface area contributed by atoms with Crippen LogP contribution in [-0.2, 0) is 9.59 Å². The normalized spacial score (nSPS) is 28.6. The molecule has 1 aliphatic heterocycles. The van der Waals surface area contributed by atoms with Crippen molar-refractivity contribution in [1.82, 2.24) is 10.2 Å². The van der Waals surface area contributed by atoms with Crippen molar-refractivity contribution in [2.45, 2.75) is 49.6 Å². The zero-order valence-corrected chi connectivity index (χ0v) is 12.6. The van der Waals surface area contributed by atoms with Gasteiger partial charge in [-0.15, -0.1) is 0 Å². The number of hydrogen-bond acceptors (Lipinski definition) is 6. The van der Waals surface area contributed by atoms with Gasteiger partial charge in [-0.3, -0.25) is 9.69 Å². The second kappa shape index (κ2) is 7.03. The van der Waals surface area contributed by atoms with Crippen LogP contribution in [0, 0.1) is 4.91 Å². The van der Waals surface area contributed by atoms with Gasteiger partial charge in [-0.1, -0.05) is 12.1 Å². The molecule has 1 heterocycles. The highest BCUT2D eigenvalue weighted by molar-refractivity contribution is 7.80. The molecule has 0 aliphatic carbocycles. The lowest BCUT2D eigenvalue weighted by atomic mass is 9.81. The van der Waals surface area contributed by atoms with E-state index in [1.54, 1.807) is 0 Å². The summed E-state index contributed by atoms with van der Waals surface area (Å²) in [5, 5.41) is 14.6. The summed E-state index contributed by atoms with van der Waals surface area (Å²) >= 11 is 4.34. The van der Waals surface area contributed by atoms with E-state index < -0.39 is 17.6 Å². The van der Waals surface area contributed by atoms with Crippen LogP contribution in [0.4, 0.5) is 0 Å². The van der Waals surface area contributed by atoms with Gasteiger partial charge < -0.3 is 10.4 Å². The lowest BCUT2D eigenvalue weighted by Crippen LogP contribution is -2.60. The van der Waals surface area contributed by atoms with Gasteiger partial charge in [-0.2, -0.15) is 17.5 Å². The van der Waals surface area contributed by atoms with Gasteiger partial charge in [-0.25, -0.2) is 4.79 Å². The van der Waals surface area contributed by atoms with Gasteiger partial charge >= 0.3 is 5.97 Å². The smallest absolute Gasteiger partial charge is 0.328 e. The third kappa shape index (κ3) is 3.69. The maximum atomic E-state index is 11.7. The molecule has 0 radical (unpaired) electrons. The Labute approximate surface area is 123 Å². The minimum Gasteiger partial charge on any atom is -0.480 e. The van der Waals surface area contributed by atoms with Gasteiger partial charge in [0.1, 0.15) is 5.54 Å². The van der Waals surface area contributed by atoms with Gasteiger partial charge in [0.2, 0.25) is 5.91 Å². The van der Waals surface area contributed by atoms with Crippen molar-refractivity contribution in [1.29, 1.82) is 0 Å². The number of nitrogens with one attached hydrogen (secondary N) is 1. The molecule has 3 unspecified atom stereocenters. The van der Waals surface area contributed by atoms with Crippen molar-refractivity contribution in [2.24, 2.45) is 5.18 Å². The standard InChI is InChI=1S/C12H21N3O4S/c1-3-4-8(16)13-10(11(17)18)12(14-19)5-6-15(2)9(20)7-12/h9-10,20H,3-7H2,1-2H3,(H,13,16)(H,17,18). The number of piperidine rings is 1. The van der Waals surface area contributed by atoms with E-state index in [1.165, 1.54) is 0 Å². The molecule has 0 bridgehead atoms. The first kappa shape index (κ1) is 16.9. The molecule has 20 heavy (non-hydrogen) atoms. The van der Waals surface area contributed by atoms with Crippen LogP contribution in [0.3, 0.4) is 0 Å². The van der Waals surface area contributed by atoms with E-state index in [0.717, 1.165) is 0 Å². The number of likely N-dealkylation sites (tertiary alicyclic amines) is 1. The number of nitroso groups, excluding NO2 is 1. The molecule has 7 nitrogen and oxygen atoms in total. The van der Waals surface area contributed by atoms with E-state index in [0.29, 0.717) is 13.0 Å². The average molecular weight is 303 g/mol.